The van der Waals surface area contributed by atoms with Gasteiger partial charge < -0.3 is 25.0 Å². The number of nitrogens with two attached hydrogens (primary N) is 1. The van der Waals surface area contributed by atoms with Gasteiger partial charge in [0.2, 0.25) is 0 Å². The van der Waals surface area contributed by atoms with E-state index in [1.54, 1.807) is 36.2 Å². The summed E-state index contributed by atoms with van der Waals surface area (Å²) in [6.07, 6.45) is -0.137. The molecule has 1 aliphatic rings. The normalized spacial score (nSPS) is 15.4. The summed E-state index contributed by atoms with van der Waals surface area (Å²) in [7, 11) is 1.71. The topological polar surface area (TPSA) is 85.1 Å². The Bertz CT molecular complexity index is 855. The van der Waals surface area contributed by atoms with Crippen molar-refractivity contribution in [1.29, 1.82) is 0 Å². The van der Waals surface area contributed by atoms with Crippen LogP contribution in [0.4, 0.5) is 5.69 Å². The fourth-order valence-corrected chi connectivity index (χ4v) is 3.23. The molecule has 1 aliphatic heterocycles. The Balaban J connectivity index is 1.59. The van der Waals surface area contributed by atoms with Gasteiger partial charge in [0.05, 0.1) is 24.3 Å². The van der Waals surface area contributed by atoms with E-state index >= 15 is 0 Å². The van der Waals surface area contributed by atoms with Crippen molar-refractivity contribution < 1.29 is 19.1 Å². The lowest BCUT2D eigenvalue weighted by molar-refractivity contribution is -0.133. The van der Waals surface area contributed by atoms with Crippen LogP contribution in [0.5, 0.6) is 11.5 Å². The van der Waals surface area contributed by atoms with Crippen LogP contribution in [0.15, 0.2) is 48.5 Å². The maximum atomic E-state index is 12.5. The number of ether oxygens (including phenoxy) is 2. The van der Waals surface area contributed by atoms with Gasteiger partial charge in [-0.05, 0) is 31.2 Å². The van der Waals surface area contributed by atoms with E-state index in [9.17, 15) is 9.59 Å². The van der Waals surface area contributed by atoms with Gasteiger partial charge in [0, 0.05) is 13.6 Å². The fourth-order valence-electron chi connectivity index (χ4n) is 3.23. The molecule has 1 heterocycles. The van der Waals surface area contributed by atoms with Crippen molar-refractivity contribution in [2.75, 3.05) is 38.2 Å². The molecule has 0 spiro atoms. The molecule has 2 N–H and O–H groups in total. The first-order valence-electron chi connectivity index (χ1n) is 9.25. The number of benzene rings is 2. The van der Waals surface area contributed by atoms with Crippen LogP contribution in [0.1, 0.15) is 17.3 Å². The summed E-state index contributed by atoms with van der Waals surface area (Å²) in [5, 5.41) is 0. The van der Waals surface area contributed by atoms with E-state index in [0.29, 0.717) is 18.8 Å². The average Bonchev–Trinajstić information content (AvgIpc) is 2.71. The zero-order valence-electron chi connectivity index (χ0n) is 16.1. The van der Waals surface area contributed by atoms with Gasteiger partial charge >= 0.3 is 0 Å². The molecule has 0 bridgehead atoms. The van der Waals surface area contributed by atoms with Gasteiger partial charge in [-0.3, -0.25) is 9.59 Å². The maximum absolute atomic E-state index is 12.5. The van der Waals surface area contributed by atoms with Gasteiger partial charge in [0.15, 0.2) is 6.61 Å². The van der Waals surface area contributed by atoms with Crippen LogP contribution in [0.25, 0.3) is 0 Å². The molecule has 0 radical (unpaired) electrons. The van der Waals surface area contributed by atoms with Crippen molar-refractivity contribution in [3.63, 3.8) is 0 Å². The predicted octanol–water partition coefficient (Wildman–Crippen LogP) is 1.91. The molecule has 7 heteroatoms. The second-order valence-electron chi connectivity index (χ2n) is 6.67. The number of hydrogen-bond acceptors (Lipinski definition) is 5. The number of para-hydroxylation sites is 3. The Labute approximate surface area is 164 Å². The minimum atomic E-state index is -0.592. The number of primary amides is 1. The van der Waals surface area contributed by atoms with Crippen molar-refractivity contribution in [2.45, 2.75) is 13.0 Å². The average molecular weight is 383 g/mol. The van der Waals surface area contributed by atoms with Crippen LogP contribution in [-0.2, 0) is 4.79 Å². The van der Waals surface area contributed by atoms with Crippen LogP contribution in [-0.4, -0.2) is 56.1 Å². The second kappa shape index (κ2) is 8.65. The minimum absolute atomic E-state index is 0.137. The molecule has 28 heavy (non-hydrogen) atoms. The molecule has 0 fully saturated rings. The highest BCUT2D eigenvalue weighted by molar-refractivity contribution is 5.95. The number of nitrogens with zero attached hydrogens (tertiary/aromatic N) is 2. The maximum Gasteiger partial charge on any atom is 0.260 e. The third kappa shape index (κ3) is 4.36. The Hall–Kier alpha value is -3.22. The van der Waals surface area contributed by atoms with E-state index in [1.807, 2.05) is 24.3 Å². The Kier molecular flexibility index (Phi) is 6.03. The highest BCUT2D eigenvalue weighted by atomic mass is 16.5. The number of carbonyl (C=O) groups excluding carboxylic acids is 2. The van der Waals surface area contributed by atoms with Crippen LogP contribution in [0, 0.1) is 0 Å². The van der Waals surface area contributed by atoms with Crippen LogP contribution in [0.3, 0.4) is 0 Å². The second-order valence-corrected chi connectivity index (χ2v) is 6.67. The molecule has 2 aromatic carbocycles. The van der Waals surface area contributed by atoms with Gasteiger partial charge in [-0.2, -0.15) is 0 Å². The molecule has 0 saturated heterocycles. The highest BCUT2D eigenvalue weighted by Gasteiger charge is 2.26. The molecule has 0 aromatic heterocycles. The summed E-state index contributed by atoms with van der Waals surface area (Å²) in [5.41, 5.74) is 6.66. The van der Waals surface area contributed by atoms with Crippen molar-refractivity contribution in [3.8, 4) is 11.5 Å². The summed E-state index contributed by atoms with van der Waals surface area (Å²) in [5.74, 6) is 0.333. The smallest absolute Gasteiger partial charge is 0.260 e. The first-order chi connectivity index (χ1) is 13.5. The van der Waals surface area contributed by atoms with E-state index in [-0.39, 0.29) is 24.2 Å². The lowest BCUT2D eigenvalue weighted by Crippen LogP contribution is -2.47. The molecule has 0 unspecified atom stereocenters. The van der Waals surface area contributed by atoms with Gasteiger partial charge in [0.25, 0.3) is 11.8 Å². The summed E-state index contributed by atoms with van der Waals surface area (Å²) in [4.78, 5) is 27.8. The quantitative estimate of drug-likeness (QED) is 0.789. The van der Waals surface area contributed by atoms with E-state index < -0.39 is 5.91 Å². The molecular weight excluding hydrogens is 358 g/mol. The molecular formula is C21H25N3O4. The number of anilines is 1. The largest absolute Gasteiger partial charge is 0.485 e. The lowest BCUT2D eigenvalue weighted by atomic mass is 10.2. The van der Waals surface area contributed by atoms with Gasteiger partial charge in [-0.1, -0.05) is 24.3 Å². The van der Waals surface area contributed by atoms with Gasteiger partial charge in [-0.15, -0.1) is 0 Å². The van der Waals surface area contributed by atoms with Crippen LogP contribution >= 0.6 is 0 Å². The number of fused-ring (bicyclic) bond motifs is 1. The molecule has 0 saturated carbocycles. The number of carbonyl (C=O) groups is 2. The number of amides is 2. The third-order valence-corrected chi connectivity index (χ3v) is 4.71. The number of rotatable bonds is 7. The molecule has 0 aliphatic carbocycles. The zero-order valence-corrected chi connectivity index (χ0v) is 16.1. The van der Waals surface area contributed by atoms with Crippen LogP contribution < -0.4 is 20.1 Å². The van der Waals surface area contributed by atoms with E-state index in [2.05, 4.69) is 11.8 Å². The molecule has 1 atom stereocenters. The van der Waals surface area contributed by atoms with E-state index in [1.165, 1.54) is 0 Å². The van der Waals surface area contributed by atoms with Crippen LogP contribution in [0.2, 0.25) is 0 Å². The highest BCUT2D eigenvalue weighted by Crippen LogP contribution is 2.32. The van der Waals surface area contributed by atoms with Crippen molar-refractivity contribution in [1.82, 2.24) is 4.90 Å². The standard InChI is InChI=1S/C21H25N3O4/c1-3-24-13-15(28-19-11-7-5-9-17(19)24)12-23(2)20(25)14-27-18-10-6-4-8-16(18)21(22)26/h4-11,15H,3,12-14H2,1-2H3,(H2,22,26)/t15-/m0/s1. The van der Waals surface area contributed by atoms with Gasteiger partial charge in [0.1, 0.15) is 17.6 Å². The monoisotopic (exact) mass is 383 g/mol. The van der Waals surface area contributed by atoms with E-state index in [0.717, 1.165) is 18.0 Å². The van der Waals surface area contributed by atoms with Gasteiger partial charge in [-0.25, -0.2) is 0 Å². The molecule has 7 nitrogen and oxygen atoms in total. The number of hydrogen-bond donors (Lipinski definition) is 1. The summed E-state index contributed by atoms with van der Waals surface area (Å²) in [6, 6.07) is 14.5. The Morgan fingerprint density at radius 3 is 2.68 bits per heavy atom. The van der Waals surface area contributed by atoms with Crippen molar-refractivity contribution in [2.24, 2.45) is 5.73 Å². The fraction of sp³-hybridized carbons (Fsp3) is 0.333. The molecule has 148 valence electrons. The first kappa shape index (κ1) is 19.5. The molecule has 3 rings (SSSR count). The number of likely N-dealkylation sites (N-methyl/N-ethyl adjacent to an activating group) is 2. The Morgan fingerprint density at radius 1 is 1.21 bits per heavy atom. The molecule has 2 amide bonds. The third-order valence-electron chi connectivity index (χ3n) is 4.71. The lowest BCUT2D eigenvalue weighted by Gasteiger charge is -2.37. The first-order valence-corrected chi connectivity index (χ1v) is 9.25. The zero-order chi connectivity index (χ0) is 20.1. The Morgan fingerprint density at radius 2 is 1.93 bits per heavy atom. The summed E-state index contributed by atoms with van der Waals surface area (Å²) >= 11 is 0. The van der Waals surface area contributed by atoms with Crippen molar-refractivity contribution in [3.05, 3.63) is 54.1 Å². The van der Waals surface area contributed by atoms with E-state index in [4.69, 9.17) is 15.2 Å². The predicted molar refractivity (Wildman–Crippen MR) is 107 cm³/mol. The summed E-state index contributed by atoms with van der Waals surface area (Å²) in [6.45, 7) is 3.92. The SMILES string of the molecule is CCN1C[C@H](CN(C)C(=O)COc2ccccc2C(N)=O)Oc2ccccc21. The minimum Gasteiger partial charge on any atom is -0.485 e. The van der Waals surface area contributed by atoms with Crippen molar-refractivity contribution >= 4 is 17.5 Å². The molecule has 2 aromatic rings. The summed E-state index contributed by atoms with van der Waals surface area (Å²) < 4.78 is 11.6.